The third-order valence-electron chi connectivity index (χ3n) is 3.00. The zero-order valence-electron chi connectivity index (χ0n) is 9.99. The highest BCUT2D eigenvalue weighted by molar-refractivity contribution is 5.44. The van der Waals surface area contributed by atoms with E-state index in [2.05, 4.69) is 0 Å². The van der Waals surface area contributed by atoms with E-state index in [1.165, 1.54) is 0 Å². The highest BCUT2D eigenvalue weighted by atomic mass is 16.5. The molecule has 0 bridgehead atoms. The summed E-state index contributed by atoms with van der Waals surface area (Å²) in [5.74, 6) is 1.80. The normalized spacial score (nSPS) is 22.1. The van der Waals surface area contributed by atoms with Crippen LogP contribution in [0.4, 0.5) is 0 Å². The predicted octanol–water partition coefficient (Wildman–Crippen LogP) is 2.33. The average molecular weight is 222 g/mol. The minimum absolute atomic E-state index is 0.133. The van der Waals surface area contributed by atoms with Crippen LogP contribution in [0.15, 0.2) is 18.2 Å². The lowest BCUT2D eigenvalue weighted by atomic mass is 9.85. The second-order valence-electron chi connectivity index (χ2n) is 4.85. The van der Waals surface area contributed by atoms with Gasteiger partial charge in [0.05, 0.1) is 13.7 Å². The summed E-state index contributed by atoms with van der Waals surface area (Å²) in [6, 6.07) is 5.75. The summed E-state index contributed by atoms with van der Waals surface area (Å²) in [6.07, 6.45) is 0.823. The molecule has 2 rings (SSSR count). The van der Waals surface area contributed by atoms with Gasteiger partial charge < -0.3 is 14.6 Å². The number of rotatable bonds is 2. The number of hydrogen-bond donors (Lipinski definition) is 1. The number of ether oxygens (including phenoxy) is 2. The first-order chi connectivity index (χ1) is 7.55. The van der Waals surface area contributed by atoms with Crippen LogP contribution in [-0.4, -0.2) is 24.4 Å². The summed E-state index contributed by atoms with van der Waals surface area (Å²) in [5.41, 5.74) is 0.829. The Morgan fingerprint density at radius 3 is 2.88 bits per heavy atom. The minimum Gasteiger partial charge on any atom is -0.497 e. The molecule has 0 fully saturated rings. The van der Waals surface area contributed by atoms with Crippen LogP contribution in [0.5, 0.6) is 11.5 Å². The van der Waals surface area contributed by atoms with Crippen molar-refractivity contribution in [2.24, 2.45) is 0 Å². The molecule has 1 aliphatic rings. The summed E-state index contributed by atoms with van der Waals surface area (Å²) in [6.45, 7) is 4.23. The van der Waals surface area contributed by atoms with Gasteiger partial charge in [0.25, 0.3) is 0 Å². The van der Waals surface area contributed by atoms with Gasteiger partial charge in [0.2, 0.25) is 0 Å². The van der Waals surface area contributed by atoms with Crippen molar-refractivity contribution in [1.29, 1.82) is 0 Å². The van der Waals surface area contributed by atoms with E-state index in [1.807, 2.05) is 32.0 Å². The van der Waals surface area contributed by atoms with E-state index < -0.39 is 0 Å². The Hall–Kier alpha value is -1.22. The van der Waals surface area contributed by atoms with Gasteiger partial charge in [-0.3, -0.25) is 0 Å². The van der Waals surface area contributed by atoms with E-state index in [1.54, 1.807) is 7.11 Å². The van der Waals surface area contributed by atoms with Crippen molar-refractivity contribution in [3.8, 4) is 11.5 Å². The third-order valence-corrected chi connectivity index (χ3v) is 3.00. The van der Waals surface area contributed by atoms with Crippen molar-refractivity contribution < 1.29 is 14.6 Å². The average Bonchev–Trinajstić information content (AvgIpc) is 2.26. The maximum Gasteiger partial charge on any atom is 0.123 e. The maximum atomic E-state index is 9.44. The van der Waals surface area contributed by atoms with Crippen LogP contribution in [-0.2, 0) is 0 Å². The molecule has 3 nitrogen and oxygen atoms in total. The van der Waals surface area contributed by atoms with Crippen molar-refractivity contribution >= 4 is 0 Å². The molecular formula is C13H18O3. The third kappa shape index (κ3) is 2.00. The van der Waals surface area contributed by atoms with Gasteiger partial charge in [-0.2, -0.15) is 0 Å². The van der Waals surface area contributed by atoms with E-state index in [4.69, 9.17) is 9.47 Å². The number of benzene rings is 1. The number of aliphatic hydroxyl groups is 1. The summed E-state index contributed by atoms with van der Waals surface area (Å²) < 4.78 is 11.1. The number of hydrogen-bond acceptors (Lipinski definition) is 3. The van der Waals surface area contributed by atoms with E-state index in [0.717, 1.165) is 23.5 Å². The van der Waals surface area contributed by atoms with Crippen LogP contribution >= 0.6 is 0 Å². The molecule has 0 amide bonds. The smallest absolute Gasteiger partial charge is 0.123 e. The van der Waals surface area contributed by atoms with Gasteiger partial charge in [0, 0.05) is 11.5 Å². The fraction of sp³-hybridized carbons (Fsp3) is 0.538. The first kappa shape index (κ1) is 11.3. The van der Waals surface area contributed by atoms with Crippen LogP contribution in [0.25, 0.3) is 0 Å². The largest absolute Gasteiger partial charge is 0.497 e. The first-order valence-electron chi connectivity index (χ1n) is 5.53. The summed E-state index contributed by atoms with van der Waals surface area (Å²) in [7, 11) is 1.64. The van der Waals surface area contributed by atoms with Crippen LogP contribution in [0, 0.1) is 0 Å². The quantitative estimate of drug-likeness (QED) is 0.834. The van der Waals surface area contributed by atoms with Gasteiger partial charge in [-0.1, -0.05) is 0 Å². The molecular weight excluding hydrogens is 204 g/mol. The van der Waals surface area contributed by atoms with Gasteiger partial charge in [0.1, 0.15) is 17.1 Å². The van der Waals surface area contributed by atoms with Crippen molar-refractivity contribution in [1.82, 2.24) is 0 Å². The highest BCUT2D eigenvalue weighted by Crippen LogP contribution is 2.41. The van der Waals surface area contributed by atoms with Crippen molar-refractivity contribution in [2.75, 3.05) is 13.7 Å². The highest BCUT2D eigenvalue weighted by Gasteiger charge is 2.33. The molecule has 16 heavy (non-hydrogen) atoms. The predicted molar refractivity (Wildman–Crippen MR) is 62.1 cm³/mol. The molecule has 1 heterocycles. The van der Waals surface area contributed by atoms with Gasteiger partial charge in [0.15, 0.2) is 0 Å². The van der Waals surface area contributed by atoms with Crippen LogP contribution in [0.2, 0.25) is 0 Å². The standard InChI is InChI=1S/C13H18O3/c1-13(2)7-9(8-14)11-6-10(15-3)4-5-12(11)16-13/h4-6,9,14H,7-8H2,1-3H3. The Bertz CT molecular complexity index is 385. The fourth-order valence-electron chi connectivity index (χ4n) is 2.27. The molecule has 1 atom stereocenters. The molecule has 0 saturated heterocycles. The molecule has 1 aromatic rings. The molecule has 3 heteroatoms. The van der Waals surface area contributed by atoms with Crippen molar-refractivity contribution in [3.63, 3.8) is 0 Å². The Morgan fingerprint density at radius 1 is 1.50 bits per heavy atom. The van der Waals surface area contributed by atoms with E-state index in [0.29, 0.717) is 0 Å². The first-order valence-corrected chi connectivity index (χ1v) is 5.53. The second-order valence-corrected chi connectivity index (χ2v) is 4.85. The SMILES string of the molecule is COc1ccc2c(c1)C(CO)CC(C)(C)O2. The fourth-order valence-corrected chi connectivity index (χ4v) is 2.27. The zero-order chi connectivity index (χ0) is 11.8. The molecule has 1 unspecified atom stereocenters. The Morgan fingerprint density at radius 2 is 2.25 bits per heavy atom. The molecule has 0 aromatic heterocycles. The molecule has 88 valence electrons. The van der Waals surface area contributed by atoms with E-state index in [-0.39, 0.29) is 18.1 Å². The monoisotopic (exact) mass is 222 g/mol. The van der Waals surface area contributed by atoms with Gasteiger partial charge in [-0.25, -0.2) is 0 Å². The lowest BCUT2D eigenvalue weighted by molar-refractivity contribution is 0.0594. The van der Waals surface area contributed by atoms with E-state index >= 15 is 0 Å². The topological polar surface area (TPSA) is 38.7 Å². The molecule has 0 spiro atoms. The Balaban J connectivity index is 2.42. The Kier molecular flexibility index (Phi) is 2.80. The lowest BCUT2D eigenvalue weighted by Crippen LogP contribution is -2.35. The molecule has 1 aliphatic heterocycles. The van der Waals surface area contributed by atoms with Gasteiger partial charge in [-0.15, -0.1) is 0 Å². The van der Waals surface area contributed by atoms with E-state index in [9.17, 15) is 5.11 Å². The molecule has 0 radical (unpaired) electrons. The summed E-state index contributed by atoms with van der Waals surface area (Å²) in [4.78, 5) is 0. The van der Waals surface area contributed by atoms with Gasteiger partial charge >= 0.3 is 0 Å². The summed E-state index contributed by atoms with van der Waals surface area (Å²) in [5, 5.41) is 9.44. The van der Waals surface area contributed by atoms with Crippen molar-refractivity contribution in [2.45, 2.75) is 31.8 Å². The van der Waals surface area contributed by atoms with Crippen LogP contribution in [0.1, 0.15) is 31.7 Å². The summed E-state index contributed by atoms with van der Waals surface area (Å²) >= 11 is 0. The number of aliphatic hydroxyl groups excluding tert-OH is 1. The molecule has 1 N–H and O–H groups in total. The lowest BCUT2D eigenvalue weighted by Gasteiger charge is -2.37. The van der Waals surface area contributed by atoms with Crippen molar-refractivity contribution in [3.05, 3.63) is 23.8 Å². The van der Waals surface area contributed by atoms with Gasteiger partial charge in [-0.05, 0) is 38.5 Å². The van der Waals surface area contributed by atoms with Crippen LogP contribution < -0.4 is 9.47 Å². The Labute approximate surface area is 96.0 Å². The minimum atomic E-state index is -0.213. The zero-order valence-corrected chi connectivity index (χ0v) is 9.99. The number of fused-ring (bicyclic) bond motifs is 1. The molecule has 0 saturated carbocycles. The molecule has 1 aromatic carbocycles. The molecule has 0 aliphatic carbocycles. The second kappa shape index (κ2) is 3.98. The van der Waals surface area contributed by atoms with Crippen LogP contribution in [0.3, 0.4) is 0 Å². The maximum absolute atomic E-state index is 9.44. The number of methoxy groups -OCH3 is 1.